The fraction of sp³-hybridized carbons (Fsp3) is 0.846. The van der Waals surface area contributed by atoms with Crippen LogP contribution in [0.5, 0.6) is 0 Å². The van der Waals surface area contributed by atoms with Crippen molar-refractivity contribution in [2.24, 2.45) is 5.92 Å². The van der Waals surface area contributed by atoms with Crippen molar-refractivity contribution in [3.05, 3.63) is 11.7 Å². The van der Waals surface area contributed by atoms with Gasteiger partial charge in [-0.3, -0.25) is 0 Å². The number of piperidine rings is 1. The molecule has 4 heteroatoms. The molecule has 1 aromatic rings. The van der Waals surface area contributed by atoms with Crippen LogP contribution in [0.15, 0.2) is 4.52 Å². The van der Waals surface area contributed by atoms with E-state index in [-0.39, 0.29) is 5.41 Å². The lowest BCUT2D eigenvalue weighted by Crippen LogP contribution is -2.39. The molecule has 2 rings (SSSR count). The Bertz CT molecular complexity index is 353. The number of hydrogen-bond donors (Lipinski definition) is 1. The number of nitrogens with one attached hydrogen (secondary N) is 1. The van der Waals surface area contributed by atoms with Gasteiger partial charge in [0.1, 0.15) is 0 Å². The van der Waals surface area contributed by atoms with Crippen LogP contribution >= 0.6 is 0 Å². The summed E-state index contributed by atoms with van der Waals surface area (Å²) in [4.78, 5) is 4.61. The van der Waals surface area contributed by atoms with Crippen molar-refractivity contribution in [1.82, 2.24) is 15.5 Å². The highest BCUT2D eigenvalue weighted by Crippen LogP contribution is 2.35. The largest absolute Gasteiger partial charge is 0.339 e. The van der Waals surface area contributed by atoms with Gasteiger partial charge in [-0.25, -0.2) is 0 Å². The molecule has 0 atom stereocenters. The average molecular weight is 237 g/mol. The molecule has 0 aliphatic carbocycles. The summed E-state index contributed by atoms with van der Waals surface area (Å²) in [5.74, 6) is 2.30. The van der Waals surface area contributed by atoms with Crippen LogP contribution in [0, 0.1) is 5.92 Å². The Kier molecular flexibility index (Phi) is 3.82. The Labute approximate surface area is 103 Å². The molecular formula is C13H23N3O. The first-order valence-corrected chi connectivity index (χ1v) is 6.70. The van der Waals surface area contributed by atoms with Crippen molar-refractivity contribution >= 4 is 0 Å². The number of aromatic nitrogens is 2. The first kappa shape index (κ1) is 12.6. The molecule has 1 N–H and O–H groups in total. The van der Waals surface area contributed by atoms with Gasteiger partial charge in [-0.05, 0) is 38.3 Å². The van der Waals surface area contributed by atoms with Gasteiger partial charge in [0.25, 0.3) is 0 Å². The second kappa shape index (κ2) is 5.17. The zero-order valence-corrected chi connectivity index (χ0v) is 11.1. The van der Waals surface area contributed by atoms with E-state index < -0.39 is 0 Å². The van der Waals surface area contributed by atoms with Crippen molar-refractivity contribution in [3.63, 3.8) is 0 Å². The molecule has 0 saturated carbocycles. The fourth-order valence-corrected chi connectivity index (χ4v) is 2.54. The highest BCUT2D eigenvalue weighted by Gasteiger charge is 2.37. The first-order chi connectivity index (χ1) is 8.16. The van der Waals surface area contributed by atoms with E-state index in [4.69, 9.17) is 4.52 Å². The quantitative estimate of drug-likeness (QED) is 0.873. The topological polar surface area (TPSA) is 51.0 Å². The second-order valence-corrected chi connectivity index (χ2v) is 5.50. The Hall–Kier alpha value is -0.900. The first-order valence-electron chi connectivity index (χ1n) is 6.70. The van der Waals surface area contributed by atoms with Crippen LogP contribution in [0.2, 0.25) is 0 Å². The third-order valence-electron chi connectivity index (χ3n) is 3.75. The molecule has 0 spiro atoms. The predicted octanol–water partition coefficient (Wildman–Crippen LogP) is 2.30. The van der Waals surface area contributed by atoms with Gasteiger partial charge in [0.05, 0.1) is 5.41 Å². The van der Waals surface area contributed by atoms with Crippen molar-refractivity contribution < 1.29 is 4.52 Å². The molecule has 1 fully saturated rings. The summed E-state index contributed by atoms with van der Waals surface area (Å²) in [5, 5.41) is 7.51. The molecule has 96 valence electrons. The molecule has 17 heavy (non-hydrogen) atoms. The van der Waals surface area contributed by atoms with E-state index >= 15 is 0 Å². The summed E-state index contributed by atoms with van der Waals surface area (Å²) >= 11 is 0. The maximum absolute atomic E-state index is 5.51. The number of rotatable bonds is 4. The molecule has 0 aromatic carbocycles. The zero-order chi connectivity index (χ0) is 12.3. The SMILES string of the molecule is CCC1(c2nc(CC(C)C)no2)CCNCC1. The van der Waals surface area contributed by atoms with Crippen molar-refractivity contribution in [2.75, 3.05) is 13.1 Å². The highest BCUT2D eigenvalue weighted by atomic mass is 16.5. The van der Waals surface area contributed by atoms with E-state index in [1.165, 1.54) is 0 Å². The minimum atomic E-state index is 0.119. The van der Waals surface area contributed by atoms with Crippen molar-refractivity contribution in [1.29, 1.82) is 0 Å². The Morgan fingerprint density at radius 2 is 2.06 bits per heavy atom. The maximum atomic E-state index is 5.51. The number of nitrogens with zero attached hydrogens (tertiary/aromatic N) is 2. The van der Waals surface area contributed by atoms with Crippen LogP contribution in [0.3, 0.4) is 0 Å². The van der Waals surface area contributed by atoms with Crippen LogP contribution in [-0.2, 0) is 11.8 Å². The standard InChI is InChI=1S/C13H23N3O/c1-4-13(5-7-14-8-6-13)12-15-11(16-17-12)9-10(2)3/h10,14H,4-9H2,1-3H3. The van der Waals surface area contributed by atoms with Gasteiger partial charge in [0, 0.05) is 6.42 Å². The molecular weight excluding hydrogens is 214 g/mol. The van der Waals surface area contributed by atoms with Crippen LogP contribution in [-0.4, -0.2) is 23.2 Å². The van der Waals surface area contributed by atoms with Crippen molar-refractivity contribution in [3.8, 4) is 0 Å². The summed E-state index contributed by atoms with van der Waals surface area (Å²) in [7, 11) is 0. The summed E-state index contributed by atoms with van der Waals surface area (Å²) in [6.07, 6.45) is 4.19. The van der Waals surface area contributed by atoms with Gasteiger partial charge < -0.3 is 9.84 Å². The minimum absolute atomic E-state index is 0.119. The molecule has 1 aliphatic heterocycles. The highest BCUT2D eigenvalue weighted by molar-refractivity contribution is 5.07. The lowest BCUT2D eigenvalue weighted by Gasteiger charge is -2.33. The van der Waals surface area contributed by atoms with Crippen LogP contribution < -0.4 is 5.32 Å². The summed E-state index contributed by atoms with van der Waals surface area (Å²) in [6, 6.07) is 0. The molecule has 2 heterocycles. The molecule has 0 bridgehead atoms. The van der Waals surface area contributed by atoms with Gasteiger partial charge in [0.2, 0.25) is 5.89 Å². The molecule has 0 unspecified atom stereocenters. The van der Waals surface area contributed by atoms with E-state index in [1.54, 1.807) is 0 Å². The molecule has 0 radical (unpaired) electrons. The fourth-order valence-electron chi connectivity index (χ4n) is 2.54. The maximum Gasteiger partial charge on any atom is 0.232 e. The van der Waals surface area contributed by atoms with Gasteiger partial charge in [-0.2, -0.15) is 4.98 Å². The van der Waals surface area contributed by atoms with Gasteiger partial charge >= 0.3 is 0 Å². The average Bonchev–Trinajstić information content (AvgIpc) is 2.78. The van der Waals surface area contributed by atoms with E-state index in [9.17, 15) is 0 Å². The van der Waals surface area contributed by atoms with Gasteiger partial charge in [-0.1, -0.05) is 25.9 Å². The lowest BCUT2D eigenvalue weighted by molar-refractivity contribution is 0.216. The van der Waals surface area contributed by atoms with Gasteiger partial charge in [-0.15, -0.1) is 0 Å². The van der Waals surface area contributed by atoms with E-state index in [2.05, 4.69) is 36.2 Å². The van der Waals surface area contributed by atoms with Gasteiger partial charge in [0.15, 0.2) is 5.82 Å². The summed E-state index contributed by atoms with van der Waals surface area (Å²) in [6.45, 7) is 8.68. The minimum Gasteiger partial charge on any atom is -0.339 e. The molecule has 4 nitrogen and oxygen atoms in total. The van der Waals surface area contributed by atoms with E-state index in [1.807, 2.05) is 0 Å². The zero-order valence-electron chi connectivity index (χ0n) is 11.1. The second-order valence-electron chi connectivity index (χ2n) is 5.50. The van der Waals surface area contributed by atoms with E-state index in [0.717, 1.165) is 50.5 Å². The van der Waals surface area contributed by atoms with E-state index in [0.29, 0.717) is 5.92 Å². The molecule has 1 saturated heterocycles. The van der Waals surface area contributed by atoms with Crippen LogP contribution in [0.1, 0.15) is 51.7 Å². The lowest BCUT2D eigenvalue weighted by atomic mass is 9.76. The Morgan fingerprint density at radius 3 is 2.65 bits per heavy atom. The Balaban J connectivity index is 2.16. The third kappa shape index (κ3) is 2.68. The number of hydrogen-bond acceptors (Lipinski definition) is 4. The summed E-state index contributed by atoms with van der Waals surface area (Å²) < 4.78 is 5.51. The Morgan fingerprint density at radius 1 is 1.35 bits per heavy atom. The van der Waals surface area contributed by atoms with Crippen molar-refractivity contribution in [2.45, 2.75) is 51.9 Å². The molecule has 0 amide bonds. The van der Waals surface area contributed by atoms with Crippen LogP contribution in [0.25, 0.3) is 0 Å². The predicted molar refractivity (Wildman–Crippen MR) is 66.9 cm³/mol. The van der Waals surface area contributed by atoms with Crippen LogP contribution in [0.4, 0.5) is 0 Å². The molecule has 1 aliphatic rings. The molecule has 1 aromatic heterocycles. The normalized spacial score (nSPS) is 19.8. The monoisotopic (exact) mass is 237 g/mol. The smallest absolute Gasteiger partial charge is 0.232 e. The summed E-state index contributed by atoms with van der Waals surface area (Å²) in [5.41, 5.74) is 0.119. The third-order valence-corrected chi connectivity index (χ3v) is 3.75.